The highest BCUT2D eigenvalue weighted by Gasteiger charge is 2.18. The second-order valence-corrected chi connectivity index (χ2v) is 7.28. The smallest absolute Gasteiger partial charge is 0.240 e. The number of thiazole rings is 1. The van der Waals surface area contributed by atoms with Crippen LogP contribution in [0.5, 0.6) is 0 Å². The van der Waals surface area contributed by atoms with E-state index in [4.69, 9.17) is 0 Å². The Hall–Kier alpha value is -1.24. The van der Waals surface area contributed by atoms with Gasteiger partial charge in [-0.15, -0.1) is 11.3 Å². The summed E-state index contributed by atoms with van der Waals surface area (Å²) in [5.41, 5.74) is 2.44. The van der Waals surface area contributed by atoms with E-state index in [1.807, 2.05) is 11.4 Å². The maximum atomic E-state index is 12.2. The van der Waals surface area contributed by atoms with Gasteiger partial charge in [0.2, 0.25) is 10.0 Å². The van der Waals surface area contributed by atoms with Crippen molar-refractivity contribution in [2.24, 2.45) is 0 Å². The number of hydrogen-bond acceptors (Lipinski definition) is 4. The maximum absolute atomic E-state index is 12.2. The van der Waals surface area contributed by atoms with Gasteiger partial charge < -0.3 is 0 Å². The molecule has 19 heavy (non-hydrogen) atoms. The summed E-state index contributed by atoms with van der Waals surface area (Å²) in [4.78, 5) is 4.41. The molecule has 0 radical (unpaired) electrons. The van der Waals surface area contributed by atoms with E-state index in [-0.39, 0.29) is 6.54 Å². The molecule has 4 nitrogen and oxygen atoms in total. The molecule has 1 heterocycles. The molecule has 0 spiro atoms. The van der Waals surface area contributed by atoms with Crippen molar-refractivity contribution >= 4 is 21.4 Å². The molecule has 100 valence electrons. The summed E-state index contributed by atoms with van der Waals surface area (Å²) >= 11 is 1.44. The van der Waals surface area contributed by atoms with Crippen molar-refractivity contribution in [3.05, 3.63) is 45.9 Å². The van der Waals surface area contributed by atoms with Gasteiger partial charge in [-0.2, -0.15) is 0 Å². The zero-order valence-corrected chi connectivity index (χ0v) is 11.9. The van der Waals surface area contributed by atoms with Crippen LogP contribution in [0.25, 0.3) is 0 Å². The highest BCUT2D eigenvalue weighted by Crippen LogP contribution is 2.24. The Balaban J connectivity index is 1.80. The Morgan fingerprint density at radius 3 is 2.89 bits per heavy atom. The summed E-state index contributed by atoms with van der Waals surface area (Å²) in [5.74, 6) is 0. The zero-order chi connectivity index (χ0) is 13.3. The van der Waals surface area contributed by atoms with Crippen molar-refractivity contribution in [1.29, 1.82) is 0 Å². The summed E-state index contributed by atoms with van der Waals surface area (Å²) in [5, 5.41) is 2.60. The Bertz CT molecular complexity index is 679. The first-order valence-corrected chi connectivity index (χ1v) is 8.51. The van der Waals surface area contributed by atoms with Crippen molar-refractivity contribution in [2.75, 3.05) is 0 Å². The Morgan fingerprint density at radius 2 is 2.11 bits per heavy atom. The number of sulfonamides is 1. The summed E-state index contributed by atoms with van der Waals surface area (Å²) < 4.78 is 27.0. The third-order valence-electron chi connectivity index (χ3n) is 3.28. The van der Waals surface area contributed by atoms with E-state index in [2.05, 4.69) is 9.71 Å². The summed E-state index contributed by atoms with van der Waals surface area (Å²) in [6, 6.07) is 5.42. The molecule has 0 bridgehead atoms. The molecule has 0 unspecified atom stereocenters. The van der Waals surface area contributed by atoms with Crippen LogP contribution < -0.4 is 4.72 Å². The quantitative estimate of drug-likeness (QED) is 0.939. The van der Waals surface area contributed by atoms with Gasteiger partial charge in [0.1, 0.15) is 5.01 Å². The summed E-state index contributed by atoms with van der Waals surface area (Å²) in [6.45, 7) is 0.247. The Kier molecular flexibility index (Phi) is 3.38. The fourth-order valence-electron chi connectivity index (χ4n) is 2.30. The lowest BCUT2D eigenvalue weighted by Crippen LogP contribution is -2.23. The van der Waals surface area contributed by atoms with Gasteiger partial charge in [0.25, 0.3) is 0 Å². The topological polar surface area (TPSA) is 59.1 Å². The molecule has 1 aromatic carbocycles. The number of rotatable bonds is 4. The standard InChI is InChI=1S/C13H14N2O2S2/c16-19(17,15-9-13-14-6-7-18-13)12-5-4-10-2-1-3-11(10)8-12/h4-8,15H,1-3,9H2. The molecule has 0 aliphatic heterocycles. The van der Waals surface area contributed by atoms with Crippen molar-refractivity contribution in [2.45, 2.75) is 30.7 Å². The third-order valence-corrected chi connectivity index (χ3v) is 5.46. The van der Waals surface area contributed by atoms with Crippen LogP contribution in [0.1, 0.15) is 22.6 Å². The minimum atomic E-state index is -3.44. The average molecular weight is 294 g/mol. The molecule has 1 N–H and O–H groups in total. The number of aromatic nitrogens is 1. The van der Waals surface area contributed by atoms with Gasteiger partial charge >= 0.3 is 0 Å². The molecule has 0 saturated heterocycles. The molecule has 0 atom stereocenters. The van der Waals surface area contributed by atoms with E-state index < -0.39 is 10.0 Å². The fraction of sp³-hybridized carbons (Fsp3) is 0.308. The van der Waals surface area contributed by atoms with Gasteiger partial charge in [-0.05, 0) is 42.5 Å². The first-order valence-electron chi connectivity index (χ1n) is 6.15. The molecule has 0 fully saturated rings. The molecule has 1 aliphatic rings. The van der Waals surface area contributed by atoms with Crippen LogP contribution in [-0.2, 0) is 29.4 Å². The van der Waals surface area contributed by atoms with Crippen molar-refractivity contribution < 1.29 is 8.42 Å². The van der Waals surface area contributed by atoms with Gasteiger partial charge in [-0.3, -0.25) is 0 Å². The van der Waals surface area contributed by atoms with E-state index in [1.54, 1.807) is 18.3 Å². The monoisotopic (exact) mass is 294 g/mol. The van der Waals surface area contributed by atoms with E-state index in [1.165, 1.54) is 16.9 Å². The number of aryl methyl sites for hydroxylation is 2. The predicted octanol–water partition coefficient (Wildman–Crippen LogP) is 2.11. The van der Waals surface area contributed by atoms with Crippen LogP contribution >= 0.6 is 11.3 Å². The van der Waals surface area contributed by atoms with E-state index in [0.717, 1.165) is 29.8 Å². The van der Waals surface area contributed by atoms with E-state index >= 15 is 0 Å². The lowest BCUT2D eigenvalue weighted by Gasteiger charge is -2.07. The largest absolute Gasteiger partial charge is 0.248 e. The molecule has 2 aromatic rings. The van der Waals surface area contributed by atoms with Crippen molar-refractivity contribution in [1.82, 2.24) is 9.71 Å². The number of nitrogens with zero attached hydrogens (tertiary/aromatic N) is 1. The molecule has 0 amide bonds. The van der Waals surface area contributed by atoms with Gasteiger partial charge in [0, 0.05) is 11.6 Å². The molecule has 0 saturated carbocycles. The molecule has 6 heteroatoms. The second-order valence-electron chi connectivity index (χ2n) is 4.53. The Labute approximate surface area is 116 Å². The van der Waals surface area contributed by atoms with E-state index in [0.29, 0.717) is 4.90 Å². The first kappa shape index (κ1) is 12.8. The third kappa shape index (κ3) is 2.70. The van der Waals surface area contributed by atoms with Crippen LogP contribution in [0.15, 0.2) is 34.7 Å². The highest BCUT2D eigenvalue weighted by molar-refractivity contribution is 7.89. The van der Waals surface area contributed by atoms with E-state index in [9.17, 15) is 8.42 Å². The molecule has 1 aliphatic carbocycles. The predicted molar refractivity (Wildman–Crippen MR) is 74.6 cm³/mol. The fourth-order valence-corrected chi connectivity index (χ4v) is 3.98. The van der Waals surface area contributed by atoms with Crippen LogP contribution in [0.4, 0.5) is 0 Å². The number of fused-ring (bicyclic) bond motifs is 1. The zero-order valence-electron chi connectivity index (χ0n) is 10.3. The SMILES string of the molecule is O=S(=O)(NCc1nccs1)c1ccc2c(c1)CCC2. The van der Waals surface area contributed by atoms with Crippen molar-refractivity contribution in [3.8, 4) is 0 Å². The van der Waals surface area contributed by atoms with Crippen molar-refractivity contribution in [3.63, 3.8) is 0 Å². The van der Waals surface area contributed by atoms with Gasteiger partial charge in [-0.1, -0.05) is 6.07 Å². The van der Waals surface area contributed by atoms with Gasteiger partial charge in [-0.25, -0.2) is 18.1 Å². The summed E-state index contributed by atoms with van der Waals surface area (Å²) in [6.07, 6.45) is 4.82. The minimum absolute atomic E-state index is 0.247. The molecule has 1 aromatic heterocycles. The molecule has 3 rings (SSSR count). The normalized spacial score (nSPS) is 14.5. The minimum Gasteiger partial charge on any atom is -0.248 e. The maximum Gasteiger partial charge on any atom is 0.240 e. The number of hydrogen-bond donors (Lipinski definition) is 1. The molecular weight excluding hydrogens is 280 g/mol. The first-order chi connectivity index (χ1) is 9.15. The van der Waals surface area contributed by atoms with Gasteiger partial charge in [0.15, 0.2) is 0 Å². The molecular formula is C13H14N2O2S2. The van der Waals surface area contributed by atoms with Crippen LogP contribution in [-0.4, -0.2) is 13.4 Å². The second kappa shape index (κ2) is 5.03. The summed E-state index contributed by atoms with van der Waals surface area (Å²) in [7, 11) is -3.44. The lowest BCUT2D eigenvalue weighted by atomic mass is 10.1. The average Bonchev–Trinajstić information content (AvgIpc) is 3.06. The number of benzene rings is 1. The lowest BCUT2D eigenvalue weighted by molar-refractivity contribution is 0.581. The van der Waals surface area contributed by atoms with Crippen LogP contribution in [0.3, 0.4) is 0 Å². The van der Waals surface area contributed by atoms with Crippen LogP contribution in [0.2, 0.25) is 0 Å². The number of nitrogens with one attached hydrogen (secondary N) is 1. The highest BCUT2D eigenvalue weighted by atomic mass is 32.2. The Morgan fingerprint density at radius 1 is 1.26 bits per heavy atom. The van der Waals surface area contributed by atoms with Crippen LogP contribution in [0, 0.1) is 0 Å². The van der Waals surface area contributed by atoms with Gasteiger partial charge in [0.05, 0.1) is 11.4 Å².